The van der Waals surface area contributed by atoms with Crippen molar-refractivity contribution in [2.45, 2.75) is 45.4 Å². The van der Waals surface area contributed by atoms with Gasteiger partial charge in [0.1, 0.15) is 6.10 Å². The van der Waals surface area contributed by atoms with Crippen LogP contribution in [-0.2, 0) is 14.2 Å². The van der Waals surface area contributed by atoms with Gasteiger partial charge in [0.2, 0.25) is 0 Å². The van der Waals surface area contributed by atoms with E-state index in [-0.39, 0.29) is 12.7 Å². The van der Waals surface area contributed by atoms with Crippen LogP contribution in [0.3, 0.4) is 0 Å². The lowest BCUT2D eigenvalue weighted by Crippen LogP contribution is -2.27. The SMILES string of the molecule is COCC(C)OCC(O)COCCCNC(C)C. The van der Waals surface area contributed by atoms with Crippen LogP contribution in [0.2, 0.25) is 0 Å². The lowest BCUT2D eigenvalue weighted by Gasteiger charge is -2.16. The molecule has 18 heavy (non-hydrogen) atoms. The zero-order valence-corrected chi connectivity index (χ0v) is 12.1. The van der Waals surface area contributed by atoms with Gasteiger partial charge in [-0.3, -0.25) is 0 Å². The first-order valence-corrected chi connectivity index (χ1v) is 6.66. The molecule has 0 bridgehead atoms. The van der Waals surface area contributed by atoms with Crippen LogP contribution in [0.4, 0.5) is 0 Å². The summed E-state index contributed by atoms with van der Waals surface area (Å²) >= 11 is 0. The molecule has 110 valence electrons. The van der Waals surface area contributed by atoms with Gasteiger partial charge in [0, 0.05) is 19.8 Å². The molecule has 0 amide bonds. The minimum absolute atomic E-state index is 0.000100. The van der Waals surface area contributed by atoms with E-state index in [1.165, 1.54) is 0 Å². The van der Waals surface area contributed by atoms with E-state index >= 15 is 0 Å². The molecule has 0 heterocycles. The van der Waals surface area contributed by atoms with Gasteiger partial charge in [-0.05, 0) is 19.9 Å². The molecule has 0 radical (unpaired) electrons. The topological polar surface area (TPSA) is 60.0 Å². The Bertz CT molecular complexity index is 178. The van der Waals surface area contributed by atoms with E-state index in [9.17, 15) is 5.11 Å². The molecule has 0 aliphatic rings. The molecule has 2 unspecified atom stereocenters. The first-order valence-electron chi connectivity index (χ1n) is 6.66. The number of rotatable bonds is 12. The molecule has 2 atom stereocenters. The standard InChI is InChI=1S/C13H29NO4/c1-11(2)14-6-5-7-17-9-13(15)10-18-12(3)8-16-4/h11-15H,5-10H2,1-4H3. The summed E-state index contributed by atoms with van der Waals surface area (Å²) in [4.78, 5) is 0. The molecule has 0 aromatic carbocycles. The molecule has 0 saturated carbocycles. The fraction of sp³-hybridized carbons (Fsp3) is 1.00. The van der Waals surface area contributed by atoms with Crippen molar-refractivity contribution in [3.8, 4) is 0 Å². The summed E-state index contributed by atoms with van der Waals surface area (Å²) in [6, 6.07) is 0.506. The second-order valence-corrected chi connectivity index (χ2v) is 4.79. The van der Waals surface area contributed by atoms with Crippen molar-refractivity contribution in [2.24, 2.45) is 0 Å². The highest BCUT2D eigenvalue weighted by Crippen LogP contribution is 1.95. The largest absolute Gasteiger partial charge is 0.388 e. The van der Waals surface area contributed by atoms with Crippen LogP contribution < -0.4 is 5.32 Å². The van der Waals surface area contributed by atoms with Crippen LogP contribution in [0.5, 0.6) is 0 Å². The zero-order valence-electron chi connectivity index (χ0n) is 12.1. The van der Waals surface area contributed by atoms with E-state index in [0.29, 0.717) is 25.9 Å². The summed E-state index contributed by atoms with van der Waals surface area (Å²) in [5.41, 5.74) is 0. The molecule has 0 rings (SSSR count). The van der Waals surface area contributed by atoms with Crippen molar-refractivity contribution in [3.63, 3.8) is 0 Å². The third kappa shape index (κ3) is 12.3. The van der Waals surface area contributed by atoms with Gasteiger partial charge in [-0.2, -0.15) is 0 Å². The molecule has 0 aromatic heterocycles. The monoisotopic (exact) mass is 263 g/mol. The van der Waals surface area contributed by atoms with Crippen molar-refractivity contribution >= 4 is 0 Å². The average molecular weight is 263 g/mol. The highest BCUT2D eigenvalue weighted by molar-refractivity contribution is 4.56. The number of ether oxygens (including phenoxy) is 3. The maximum Gasteiger partial charge on any atom is 0.101 e. The van der Waals surface area contributed by atoms with Gasteiger partial charge in [0.25, 0.3) is 0 Å². The highest BCUT2D eigenvalue weighted by Gasteiger charge is 2.08. The Hall–Kier alpha value is -0.200. The number of methoxy groups -OCH3 is 1. The normalized spacial score (nSPS) is 15.0. The van der Waals surface area contributed by atoms with Crippen molar-refractivity contribution in [1.82, 2.24) is 5.32 Å². The van der Waals surface area contributed by atoms with Gasteiger partial charge in [-0.25, -0.2) is 0 Å². The number of hydrogen-bond donors (Lipinski definition) is 2. The summed E-state index contributed by atoms with van der Waals surface area (Å²) in [6.07, 6.45) is 0.383. The maximum atomic E-state index is 9.60. The molecule has 0 aliphatic carbocycles. The van der Waals surface area contributed by atoms with Crippen LogP contribution in [0.15, 0.2) is 0 Å². The van der Waals surface area contributed by atoms with E-state index in [4.69, 9.17) is 14.2 Å². The highest BCUT2D eigenvalue weighted by atomic mass is 16.5. The van der Waals surface area contributed by atoms with E-state index < -0.39 is 6.10 Å². The van der Waals surface area contributed by atoms with Crippen LogP contribution >= 0.6 is 0 Å². The maximum absolute atomic E-state index is 9.60. The Morgan fingerprint density at radius 2 is 1.83 bits per heavy atom. The predicted molar refractivity (Wildman–Crippen MR) is 71.9 cm³/mol. The molecule has 0 saturated heterocycles. The zero-order chi connectivity index (χ0) is 13.8. The molecule has 5 heteroatoms. The molecule has 0 aliphatic heterocycles. The smallest absolute Gasteiger partial charge is 0.101 e. The van der Waals surface area contributed by atoms with Gasteiger partial charge in [0.15, 0.2) is 0 Å². The van der Waals surface area contributed by atoms with Crippen molar-refractivity contribution < 1.29 is 19.3 Å². The van der Waals surface area contributed by atoms with Crippen LogP contribution in [0.25, 0.3) is 0 Å². The first-order chi connectivity index (χ1) is 8.56. The lowest BCUT2D eigenvalue weighted by atomic mass is 10.3. The minimum atomic E-state index is -0.567. The van der Waals surface area contributed by atoms with Crippen molar-refractivity contribution in [2.75, 3.05) is 40.1 Å². The van der Waals surface area contributed by atoms with Gasteiger partial charge >= 0.3 is 0 Å². The molecule has 2 N–H and O–H groups in total. The number of aliphatic hydroxyl groups excluding tert-OH is 1. The summed E-state index contributed by atoms with van der Waals surface area (Å²) in [5.74, 6) is 0. The van der Waals surface area contributed by atoms with Gasteiger partial charge in [-0.15, -0.1) is 0 Å². The third-order valence-electron chi connectivity index (χ3n) is 2.30. The third-order valence-corrected chi connectivity index (χ3v) is 2.30. The second-order valence-electron chi connectivity index (χ2n) is 4.79. The van der Waals surface area contributed by atoms with Crippen molar-refractivity contribution in [3.05, 3.63) is 0 Å². The van der Waals surface area contributed by atoms with Crippen LogP contribution in [0.1, 0.15) is 27.2 Å². The Balaban J connectivity index is 3.29. The summed E-state index contributed by atoms with van der Waals surface area (Å²) in [6.45, 7) is 8.88. The Labute approximate surface area is 111 Å². The molecular weight excluding hydrogens is 234 g/mol. The van der Waals surface area contributed by atoms with Gasteiger partial charge in [0.05, 0.1) is 25.9 Å². The molecule has 0 fully saturated rings. The van der Waals surface area contributed by atoms with Crippen LogP contribution in [0, 0.1) is 0 Å². The number of nitrogens with one attached hydrogen (secondary N) is 1. The second kappa shape index (κ2) is 11.9. The van der Waals surface area contributed by atoms with Gasteiger partial charge in [-0.1, -0.05) is 13.8 Å². The average Bonchev–Trinajstić information content (AvgIpc) is 2.31. The van der Waals surface area contributed by atoms with Crippen molar-refractivity contribution in [1.29, 1.82) is 0 Å². The fourth-order valence-corrected chi connectivity index (χ4v) is 1.39. The summed E-state index contributed by atoms with van der Waals surface area (Å²) < 4.78 is 15.7. The molecule has 0 spiro atoms. The van der Waals surface area contributed by atoms with E-state index in [1.54, 1.807) is 7.11 Å². The Morgan fingerprint density at radius 3 is 2.44 bits per heavy atom. The van der Waals surface area contributed by atoms with E-state index in [0.717, 1.165) is 13.0 Å². The van der Waals surface area contributed by atoms with E-state index in [2.05, 4.69) is 19.2 Å². The van der Waals surface area contributed by atoms with Crippen LogP contribution in [-0.4, -0.2) is 63.4 Å². The Morgan fingerprint density at radius 1 is 1.11 bits per heavy atom. The summed E-state index contributed by atoms with van der Waals surface area (Å²) in [7, 11) is 1.63. The minimum Gasteiger partial charge on any atom is -0.388 e. The lowest BCUT2D eigenvalue weighted by molar-refractivity contribution is -0.0567. The molecule has 0 aromatic rings. The molecular formula is C13H29NO4. The first kappa shape index (κ1) is 17.8. The van der Waals surface area contributed by atoms with E-state index in [1.807, 2.05) is 6.92 Å². The number of hydrogen-bond acceptors (Lipinski definition) is 5. The molecule has 5 nitrogen and oxygen atoms in total. The summed E-state index contributed by atoms with van der Waals surface area (Å²) in [5, 5.41) is 12.9. The Kier molecular flexibility index (Phi) is 11.7. The predicted octanol–water partition coefficient (Wildman–Crippen LogP) is 0.804. The number of aliphatic hydroxyl groups is 1. The quantitative estimate of drug-likeness (QED) is 0.510. The fourth-order valence-electron chi connectivity index (χ4n) is 1.39. The van der Waals surface area contributed by atoms with Gasteiger partial charge < -0.3 is 24.6 Å².